The Morgan fingerprint density at radius 2 is 1.97 bits per heavy atom. The van der Waals surface area contributed by atoms with Crippen LogP contribution in [0.15, 0.2) is 0 Å². The summed E-state index contributed by atoms with van der Waals surface area (Å²) in [5.74, 6) is -2.66. The molecule has 3 rings (SSSR count). The van der Waals surface area contributed by atoms with Crippen LogP contribution in [-0.2, 0) is 23.9 Å². The van der Waals surface area contributed by atoms with Gasteiger partial charge in [-0.3, -0.25) is 14.4 Å². The Balaban J connectivity index is 2.11. The molecule has 8 nitrogen and oxygen atoms in total. The standard InChI is InChI=1S/C21H34N2O6/c1-7-28-19(27)15-14-18(26)23(13(10-24)11(2)3)16(17(25)22-12(4)5)21(14)9-8-20(15,6)29-21/h11-16,24H,7-10H2,1-6H3,(H,22,25)/t13-,14-,15+,16?,20-,21?/m0/s1. The normalized spacial score (nSPS) is 36.7. The number of nitrogens with zero attached hydrogens (tertiary/aromatic N) is 1. The smallest absolute Gasteiger partial charge is 0.312 e. The van der Waals surface area contributed by atoms with E-state index in [0.29, 0.717) is 12.8 Å². The molecule has 3 saturated heterocycles. The van der Waals surface area contributed by atoms with E-state index >= 15 is 0 Å². The van der Waals surface area contributed by atoms with Crippen molar-refractivity contribution in [3.05, 3.63) is 0 Å². The summed E-state index contributed by atoms with van der Waals surface area (Å²) in [6.45, 7) is 11.0. The van der Waals surface area contributed by atoms with Gasteiger partial charge in [0.15, 0.2) is 0 Å². The largest absolute Gasteiger partial charge is 0.466 e. The van der Waals surface area contributed by atoms with Crippen LogP contribution in [-0.4, -0.2) is 70.3 Å². The summed E-state index contributed by atoms with van der Waals surface area (Å²) in [6.07, 6.45) is 1.09. The van der Waals surface area contributed by atoms with Gasteiger partial charge in [-0.25, -0.2) is 0 Å². The quantitative estimate of drug-likeness (QED) is 0.603. The molecule has 3 aliphatic heterocycles. The van der Waals surface area contributed by atoms with Crippen LogP contribution in [0.5, 0.6) is 0 Å². The van der Waals surface area contributed by atoms with E-state index in [0.717, 1.165) is 0 Å². The lowest BCUT2D eigenvalue weighted by Crippen LogP contribution is -2.59. The first-order valence-electron chi connectivity index (χ1n) is 10.6. The predicted octanol–water partition coefficient (Wildman–Crippen LogP) is 0.856. The minimum Gasteiger partial charge on any atom is -0.466 e. The summed E-state index contributed by atoms with van der Waals surface area (Å²) in [5.41, 5.74) is -1.91. The second-order valence-electron chi connectivity index (χ2n) is 9.38. The molecule has 6 atom stereocenters. The van der Waals surface area contributed by atoms with Crippen molar-refractivity contribution in [1.29, 1.82) is 0 Å². The number of likely N-dealkylation sites (tertiary alicyclic amines) is 1. The molecule has 0 aliphatic carbocycles. The molecule has 2 N–H and O–H groups in total. The van der Waals surface area contributed by atoms with E-state index in [4.69, 9.17) is 9.47 Å². The fourth-order valence-electron chi connectivity index (χ4n) is 5.59. The summed E-state index contributed by atoms with van der Waals surface area (Å²) in [4.78, 5) is 41.3. The number of nitrogens with one attached hydrogen (secondary N) is 1. The predicted molar refractivity (Wildman–Crippen MR) is 105 cm³/mol. The number of aliphatic hydroxyl groups excluding tert-OH is 1. The lowest BCUT2D eigenvalue weighted by Gasteiger charge is -2.38. The van der Waals surface area contributed by atoms with Gasteiger partial charge in [-0.05, 0) is 46.5 Å². The molecule has 0 saturated carbocycles. The van der Waals surface area contributed by atoms with E-state index in [9.17, 15) is 19.5 Å². The Labute approximate surface area is 172 Å². The molecule has 0 aromatic heterocycles. The number of carbonyl (C=O) groups is 3. The molecule has 2 bridgehead atoms. The fraction of sp³-hybridized carbons (Fsp3) is 0.857. The van der Waals surface area contributed by atoms with Crippen LogP contribution in [0.4, 0.5) is 0 Å². The first-order valence-corrected chi connectivity index (χ1v) is 10.6. The second kappa shape index (κ2) is 7.54. The minimum absolute atomic E-state index is 0.0673. The number of fused-ring (bicyclic) bond motifs is 1. The number of esters is 1. The third-order valence-electron chi connectivity index (χ3n) is 6.75. The molecule has 164 valence electrons. The van der Waals surface area contributed by atoms with E-state index in [1.807, 2.05) is 34.6 Å². The monoisotopic (exact) mass is 410 g/mol. The number of ether oxygens (including phenoxy) is 2. The third-order valence-corrected chi connectivity index (χ3v) is 6.75. The summed E-state index contributed by atoms with van der Waals surface area (Å²) in [5, 5.41) is 13.0. The van der Waals surface area contributed by atoms with E-state index in [2.05, 4.69) is 5.32 Å². The van der Waals surface area contributed by atoms with Gasteiger partial charge in [0, 0.05) is 6.04 Å². The van der Waals surface area contributed by atoms with E-state index in [1.165, 1.54) is 4.90 Å². The van der Waals surface area contributed by atoms with Gasteiger partial charge in [0.05, 0.1) is 30.8 Å². The van der Waals surface area contributed by atoms with Crippen molar-refractivity contribution in [2.45, 2.75) is 83.7 Å². The van der Waals surface area contributed by atoms with Crippen LogP contribution >= 0.6 is 0 Å². The lowest BCUT2D eigenvalue weighted by atomic mass is 9.66. The summed E-state index contributed by atoms with van der Waals surface area (Å²) in [7, 11) is 0. The highest BCUT2D eigenvalue weighted by atomic mass is 16.6. The highest BCUT2D eigenvalue weighted by Crippen LogP contribution is 2.63. The molecule has 29 heavy (non-hydrogen) atoms. The van der Waals surface area contributed by atoms with Gasteiger partial charge in [-0.15, -0.1) is 0 Å². The zero-order valence-corrected chi connectivity index (χ0v) is 18.2. The summed E-state index contributed by atoms with van der Waals surface area (Å²) in [6, 6.07) is -1.54. The fourth-order valence-corrected chi connectivity index (χ4v) is 5.59. The highest BCUT2D eigenvalue weighted by Gasteiger charge is 2.78. The molecule has 3 heterocycles. The zero-order chi connectivity index (χ0) is 21.7. The van der Waals surface area contributed by atoms with Crippen molar-refractivity contribution in [2.75, 3.05) is 13.2 Å². The molecule has 8 heteroatoms. The van der Waals surface area contributed by atoms with E-state index in [-0.39, 0.29) is 37.0 Å². The van der Waals surface area contributed by atoms with Crippen molar-refractivity contribution >= 4 is 17.8 Å². The molecule has 3 aliphatic rings. The van der Waals surface area contributed by atoms with Crippen LogP contribution in [0.1, 0.15) is 54.4 Å². The summed E-state index contributed by atoms with van der Waals surface area (Å²) >= 11 is 0. The molecule has 0 aromatic rings. The average molecular weight is 411 g/mol. The molecular weight excluding hydrogens is 376 g/mol. The molecular formula is C21H34N2O6. The number of hydrogen-bond acceptors (Lipinski definition) is 6. The maximum Gasteiger partial charge on any atom is 0.312 e. The Kier molecular flexibility index (Phi) is 5.73. The van der Waals surface area contributed by atoms with Gasteiger partial charge in [-0.1, -0.05) is 13.8 Å². The van der Waals surface area contributed by atoms with Crippen molar-refractivity contribution in [2.24, 2.45) is 17.8 Å². The molecule has 1 spiro atoms. The summed E-state index contributed by atoms with van der Waals surface area (Å²) < 4.78 is 11.7. The Bertz CT molecular complexity index is 695. The molecule has 0 radical (unpaired) electrons. The number of hydrogen-bond donors (Lipinski definition) is 2. The molecule has 2 unspecified atom stereocenters. The first-order chi connectivity index (χ1) is 13.5. The van der Waals surface area contributed by atoms with Gasteiger partial charge in [0.2, 0.25) is 11.8 Å². The van der Waals surface area contributed by atoms with Gasteiger partial charge < -0.3 is 24.8 Å². The highest BCUT2D eigenvalue weighted by molar-refractivity contribution is 5.98. The van der Waals surface area contributed by atoms with Crippen LogP contribution in [0.3, 0.4) is 0 Å². The average Bonchev–Trinajstić information content (AvgIpc) is 3.16. The number of aliphatic hydroxyl groups is 1. The Hall–Kier alpha value is -1.67. The maximum absolute atomic E-state index is 13.7. The van der Waals surface area contributed by atoms with Gasteiger partial charge in [0.25, 0.3) is 0 Å². The van der Waals surface area contributed by atoms with E-state index in [1.54, 1.807) is 6.92 Å². The topological polar surface area (TPSA) is 105 Å². The van der Waals surface area contributed by atoms with Crippen LogP contribution in [0.25, 0.3) is 0 Å². The van der Waals surface area contributed by atoms with Gasteiger partial charge in [0.1, 0.15) is 17.6 Å². The maximum atomic E-state index is 13.7. The van der Waals surface area contributed by atoms with Gasteiger partial charge >= 0.3 is 5.97 Å². The van der Waals surface area contributed by atoms with Crippen LogP contribution < -0.4 is 5.32 Å². The van der Waals surface area contributed by atoms with E-state index < -0.39 is 41.1 Å². The van der Waals surface area contributed by atoms with Crippen LogP contribution in [0, 0.1) is 17.8 Å². The first kappa shape index (κ1) is 22.0. The number of amides is 2. The van der Waals surface area contributed by atoms with Crippen LogP contribution in [0.2, 0.25) is 0 Å². The number of carbonyl (C=O) groups excluding carboxylic acids is 3. The minimum atomic E-state index is -1.08. The van der Waals surface area contributed by atoms with Crippen molar-refractivity contribution in [3.63, 3.8) is 0 Å². The third kappa shape index (κ3) is 3.15. The van der Waals surface area contributed by atoms with Gasteiger partial charge in [-0.2, -0.15) is 0 Å². The molecule has 3 fully saturated rings. The lowest BCUT2D eigenvalue weighted by molar-refractivity contribution is -0.160. The molecule has 2 amide bonds. The molecule has 0 aromatic carbocycles. The second-order valence-corrected chi connectivity index (χ2v) is 9.38. The Morgan fingerprint density at radius 1 is 1.31 bits per heavy atom. The SMILES string of the molecule is CCOC(=O)[C@H]1[C@H]2C(=O)N([C@@H](CO)C(C)C)C(C(=O)NC(C)C)C23CC[C@]1(C)O3. The Morgan fingerprint density at radius 3 is 2.48 bits per heavy atom. The van der Waals surface area contributed by atoms with Crippen molar-refractivity contribution in [1.82, 2.24) is 10.2 Å². The van der Waals surface area contributed by atoms with Crippen molar-refractivity contribution < 1.29 is 29.0 Å². The van der Waals surface area contributed by atoms with Crippen molar-refractivity contribution in [3.8, 4) is 0 Å². The number of rotatable bonds is 7. The zero-order valence-electron chi connectivity index (χ0n) is 18.2.